The van der Waals surface area contributed by atoms with Gasteiger partial charge in [0.2, 0.25) is 10.0 Å². The van der Waals surface area contributed by atoms with Crippen molar-refractivity contribution in [1.29, 1.82) is 0 Å². The van der Waals surface area contributed by atoms with Crippen molar-refractivity contribution in [3.63, 3.8) is 0 Å². The minimum absolute atomic E-state index is 0.0369. The van der Waals surface area contributed by atoms with Gasteiger partial charge in [0.1, 0.15) is 5.76 Å². The fourth-order valence-corrected chi connectivity index (χ4v) is 4.67. The highest BCUT2D eigenvalue weighted by Gasteiger charge is 2.46. The molecule has 1 aliphatic heterocycles. The van der Waals surface area contributed by atoms with E-state index in [0.717, 1.165) is 9.87 Å². The molecular formula is C24H22N4O5S. The molecular weight excluding hydrogens is 456 g/mol. The molecule has 1 unspecified atom stereocenters. The van der Waals surface area contributed by atoms with E-state index in [-0.39, 0.29) is 22.6 Å². The van der Waals surface area contributed by atoms with Crippen molar-refractivity contribution in [1.82, 2.24) is 19.2 Å². The Kier molecular flexibility index (Phi) is 6.27. The number of pyridine rings is 2. The minimum atomic E-state index is -3.66. The number of carbonyl (C=O) groups is 2. The SMILES string of the molecule is CN(C)S(=O)(=O)c1ccc(/C(O)=C2/C(=O)C(=O)N(Cc3cccnc3)C2c2cccnc2)cc1. The molecule has 9 nitrogen and oxygen atoms in total. The minimum Gasteiger partial charge on any atom is -0.507 e. The molecule has 1 saturated heterocycles. The summed E-state index contributed by atoms with van der Waals surface area (Å²) in [4.78, 5) is 35.6. The Morgan fingerprint density at radius 1 is 1.00 bits per heavy atom. The standard InChI is InChI=1S/C24H22N4O5S/c1-27(2)34(32,33)19-9-7-17(8-10-19)22(29)20-21(18-6-4-12-26-14-18)28(24(31)23(20)30)15-16-5-3-11-25-13-16/h3-14,21,29H,15H2,1-2H3/b22-20-. The van der Waals surface area contributed by atoms with Crippen molar-refractivity contribution in [3.05, 3.63) is 95.6 Å². The van der Waals surface area contributed by atoms with E-state index in [9.17, 15) is 23.1 Å². The number of aliphatic hydroxyl groups is 1. The van der Waals surface area contributed by atoms with Gasteiger partial charge in [0.15, 0.2) is 0 Å². The average molecular weight is 479 g/mol. The first-order chi connectivity index (χ1) is 16.2. The molecule has 1 amide bonds. The molecule has 1 aromatic carbocycles. The van der Waals surface area contributed by atoms with Gasteiger partial charge < -0.3 is 10.0 Å². The summed E-state index contributed by atoms with van der Waals surface area (Å²) in [5.74, 6) is -1.99. The van der Waals surface area contributed by atoms with Crippen molar-refractivity contribution >= 4 is 27.5 Å². The van der Waals surface area contributed by atoms with Gasteiger partial charge in [0, 0.05) is 51.0 Å². The molecule has 174 valence electrons. The Labute approximate surface area is 197 Å². The number of nitrogens with zero attached hydrogens (tertiary/aromatic N) is 4. The summed E-state index contributed by atoms with van der Waals surface area (Å²) in [5.41, 5.74) is 1.39. The first kappa shape index (κ1) is 23.3. The zero-order valence-corrected chi connectivity index (χ0v) is 19.3. The highest BCUT2D eigenvalue weighted by molar-refractivity contribution is 7.89. The number of amides is 1. The topological polar surface area (TPSA) is 121 Å². The van der Waals surface area contributed by atoms with E-state index in [4.69, 9.17) is 0 Å². The quantitative estimate of drug-likeness (QED) is 0.328. The summed E-state index contributed by atoms with van der Waals surface area (Å²) in [5, 5.41) is 11.1. The van der Waals surface area contributed by atoms with Gasteiger partial charge in [-0.15, -0.1) is 0 Å². The van der Waals surface area contributed by atoms with Crippen LogP contribution >= 0.6 is 0 Å². The third kappa shape index (κ3) is 4.20. The third-order valence-electron chi connectivity index (χ3n) is 5.52. The van der Waals surface area contributed by atoms with Crippen molar-refractivity contribution in [3.8, 4) is 0 Å². The lowest BCUT2D eigenvalue weighted by molar-refractivity contribution is -0.140. The normalized spacial score (nSPS) is 18.0. The van der Waals surface area contributed by atoms with E-state index < -0.39 is 33.5 Å². The maximum absolute atomic E-state index is 13.1. The van der Waals surface area contributed by atoms with Crippen LogP contribution in [0.3, 0.4) is 0 Å². The monoisotopic (exact) mass is 478 g/mol. The highest BCUT2D eigenvalue weighted by Crippen LogP contribution is 2.40. The van der Waals surface area contributed by atoms with Gasteiger partial charge in [0.05, 0.1) is 16.5 Å². The zero-order valence-electron chi connectivity index (χ0n) is 18.5. The molecule has 1 N–H and O–H groups in total. The molecule has 0 bridgehead atoms. The van der Waals surface area contributed by atoms with Crippen LogP contribution in [0.15, 0.2) is 83.8 Å². The highest BCUT2D eigenvalue weighted by atomic mass is 32.2. The van der Waals surface area contributed by atoms with Crippen LogP contribution in [0.5, 0.6) is 0 Å². The summed E-state index contributed by atoms with van der Waals surface area (Å²) in [6.07, 6.45) is 6.31. The van der Waals surface area contributed by atoms with Crippen LogP contribution in [0.1, 0.15) is 22.7 Å². The molecule has 0 radical (unpaired) electrons. The Morgan fingerprint density at radius 2 is 1.65 bits per heavy atom. The van der Waals surface area contributed by atoms with Crippen molar-refractivity contribution < 1.29 is 23.1 Å². The number of aromatic nitrogens is 2. The van der Waals surface area contributed by atoms with Gasteiger partial charge in [-0.2, -0.15) is 0 Å². The smallest absolute Gasteiger partial charge is 0.295 e. The fraction of sp³-hybridized carbons (Fsp3) is 0.167. The van der Waals surface area contributed by atoms with Crippen molar-refractivity contribution in [2.75, 3.05) is 14.1 Å². The van der Waals surface area contributed by atoms with E-state index in [0.29, 0.717) is 5.56 Å². The van der Waals surface area contributed by atoms with Crippen LogP contribution in [-0.2, 0) is 26.2 Å². The fourth-order valence-electron chi connectivity index (χ4n) is 3.77. The number of carbonyl (C=O) groups excluding carboxylic acids is 2. The lowest BCUT2D eigenvalue weighted by Crippen LogP contribution is -2.29. The Balaban J connectivity index is 1.81. The van der Waals surface area contributed by atoms with Crippen molar-refractivity contribution in [2.45, 2.75) is 17.5 Å². The molecule has 3 heterocycles. The molecule has 1 aliphatic rings. The Hall–Kier alpha value is -3.89. The van der Waals surface area contributed by atoms with Crippen LogP contribution in [0.2, 0.25) is 0 Å². The molecule has 1 fully saturated rings. The molecule has 0 saturated carbocycles. The Morgan fingerprint density at radius 3 is 2.21 bits per heavy atom. The molecule has 0 aliphatic carbocycles. The van der Waals surface area contributed by atoms with Crippen LogP contribution in [0.25, 0.3) is 5.76 Å². The molecule has 2 aromatic heterocycles. The van der Waals surface area contributed by atoms with E-state index in [1.165, 1.54) is 49.5 Å². The summed E-state index contributed by atoms with van der Waals surface area (Å²) in [6.45, 7) is 0.106. The number of hydrogen-bond donors (Lipinski definition) is 1. The van der Waals surface area contributed by atoms with E-state index in [2.05, 4.69) is 9.97 Å². The lowest BCUT2D eigenvalue weighted by Gasteiger charge is -2.25. The van der Waals surface area contributed by atoms with Crippen LogP contribution < -0.4 is 0 Å². The summed E-state index contributed by atoms with van der Waals surface area (Å²) in [7, 11) is -0.828. The number of hydrogen-bond acceptors (Lipinski definition) is 7. The van der Waals surface area contributed by atoms with Crippen molar-refractivity contribution in [2.24, 2.45) is 0 Å². The van der Waals surface area contributed by atoms with E-state index in [1.807, 2.05) is 0 Å². The summed E-state index contributed by atoms with van der Waals surface area (Å²) < 4.78 is 25.8. The third-order valence-corrected chi connectivity index (χ3v) is 7.35. The largest absolute Gasteiger partial charge is 0.507 e. The van der Waals surface area contributed by atoms with Gasteiger partial charge in [0.25, 0.3) is 11.7 Å². The predicted molar refractivity (Wildman–Crippen MR) is 124 cm³/mol. The number of benzene rings is 1. The first-order valence-electron chi connectivity index (χ1n) is 10.3. The maximum atomic E-state index is 13.1. The Bertz CT molecular complexity index is 1360. The van der Waals surface area contributed by atoms with Crippen LogP contribution in [-0.4, -0.2) is 58.5 Å². The number of ketones is 1. The van der Waals surface area contributed by atoms with E-state index in [1.54, 1.807) is 42.9 Å². The molecule has 3 aromatic rings. The van der Waals surface area contributed by atoms with Gasteiger partial charge in [-0.05, 0) is 47.5 Å². The van der Waals surface area contributed by atoms with Crippen LogP contribution in [0.4, 0.5) is 0 Å². The van der Waals surface area contributed by atoms with Gasteiger partial charge in [-0.25, -0.2) is 12.7 Å². The summed E-state index contributed by atoms with van der Waals surface area (Å²) >= 11 is 0. The number of aliphatic hydroxyl groups excluding tert-OH is 1. The average Bonchev–Trinajstić information content (AvgIpc) is 3.09. The second-order valence-electron chi connectivity index (χ2n) is 7.89. The van der Waals surface area contributed by atoms with Crippen LogP contribution in [0, 0.1) is 0 Å². The first-order valence-corrected chi connectivity index (χ1v) is 11.8. The number of likely N-dealkylation sites (tertiary alicyclic amines) is 1. The number of sulfonamides is 1. The number of Topliss-reactive ketones (excluding diaryl/α,β-unsaturated/α-hetero) is 1. The number of rotatable bonds is 6. The second kappa shape index (κ2) is 9.16. The summed E-state index contributed by atoms with van der Waals surface area (Å²) in [6, 6.07) is 11.5. The molecule has 4 rings (SSSR count). The maximum Gasteiger partial charge on any atom is 0.295 e. The van der Waals surface area contributed by atoms with Gasteiger partial charge >= 0.3 is 0 Å². The van der Waals surface area contributed by atoms with E-state index >= 15 is 0 Å². The predicted octanol–water partition coefficient (Wildman–Crippen LogP) is 2.35. The molecule has 0 spiro atoms. The molecule has 34 heavy (non-hydrogen) atoms. The van der Waals surface area contributed by atoms with Gasteiger partial charge in [-0.1, -0.05) is 12.1 Å². The second-order valence-corrected chi connectivity index (χ2v) is 10.0. The lowest BCUT2D eigenvalue weighted by atomic mass is 9.96. The zero-order chi connectivity index (χ0) is 24.5. The molecule has 10 heteroatoms. The van der Waals surface area contributed by atoms with Gasteiger partial charge in [-0.3, -0.25) is 19.6 Å². The molecule has 1 atom stereocenters.